The average molecular weight is 462 g/mol. The lowest BCUT2D eigenvalue weighted by molar-refractivity contribution is 0.367. The Morgan fingerprint density at radius 3 is 2.44 bits per heavy atom. The van der Waals surface area contributed by atoms with E-state index >= 15 is 0 Å². The van der Waals surface area contributed by atoms with Crippen molar-refractivity contribution in [2.45, 2.75) is 77.7 Å². The molecule has 0 bridgehead atoms. The molecule has 1 aliphatic rings. The molecule has 176 valence electrons. The molecule has 3 rings (SSSR count). The van der Waals surface area contributed by atoms with E-state index in [1.165, 1.54) is 0 Å². The highest BCUT2D eigenvalue weighted by Crippen LogP contribution is 2.34. The molecule has 1 aromatic carbocycles. The molecule has 32 heavy (non-hydrogen) atoms. The minimum absolute atomic E-state index is 0.0460. The molecule has 0 aliphatic heterocycles. The van der Waals surface area contributed by atoms with Crippen LogP contribution in [0.3, 0.4) is 0 Å². The number of aryl methyl sites for hydroxylation is 2. The molecule has 1 atom stereocenters. The summed E-state index contributed by atoms with van der Waals surface area (Å²) in [5.41, 5.74) is 1.15. The third-order valence-corrected chi connectivity index (χ3v) is 7.46. The van der Waals surface area contributed by atoms with E-state index in [0.717, 1.165) is 31.2 Å². The first-order valence-electron chi connectivity index (χ1n) is 11.7. The lowest BCUT2D eigenvalue weighted by Crippen LogP contribution is -2.34. The Hall–Kier alpha value is -2.12. The van der Waals surface area contributed by atoms with E-state index in [0.29, 0.717) is 43.4 Å². The summed E-state index contributed by atoms with van der Waals surface area (Å²) in [7, 11) is -3.65. The molecule has 1 aromatic heterocycles. The van der Waals surface area contributed by atoms with E-state index in [1.54, 1.807) is 0 Å². The van der Waals surface area contributed by atoms with Crippen molar-refractivity contribution in [3.05, 3.63) is 63.2 Å². The normalized spacial score (nSPS) is 15.7. The van der Waals surface area contributed by atoms with Gasteiger partial charge in [0.05, 0.1) is 17.4 Å². The van der Waals surface area contributed by atoms with Crippen molar-refractivity contribution in [1.29, 1.82) is 0 Å². The molecule has 2 aromatic rings. The summed E-state index contributed by atoms with van der Waals surface area (Å²) >= 11 is 0. The monoisotopic (exact) mass is 461 g/mol. The maximum atomic E-state index is 12.9. The van der Waals surface area contributed by atoms with Crippen molar-refractivity contribution >= 4 is 10.0 Å². The fraction of sp³-hybridized carbons (Fsp3) is 0.560. The molecule has 0 amide bonds. The highest BCUT2D eigenvalue weighted by molar-refractivity contribution is 7.89. The summed E-state index contributed by atoms with van der Waals surface area (Å²) in [6.07, 6.45) is 6.75. The molecule has 2 N–H and O–H groups in total. The number of hydrogen-bond donors (Lipinski definition) is 2. The molecule has 0 spiro atoms. The summed E-state index contributed by atoms with van der Waals surface area (Å²) in [5, 5.41) is 11.0. The van der Waals surface area contributed by atoms with Crippen LogP contribution in [0.5, 0.6) is 5.75 Å². The Kier molecular flexibility index (Phi) is 8.54. The van der Waals surface area contributed by atoms with E-state index in [9.17, 15) is 18.3 Å². The van der Waals surface area contributed by atoms with Gasteiger partial charge in [-0.15, -0.1) is 0 Å². The fourth-order valence-corrected chi connectivity index (χ4v) is 5.70. The standard InChI is InChI=1S/C25H35NO5S/c1-18(2)17-21(26-32(29,30)16-10-13-19-11-6-5-7-12-19)23-24(27)20-14-8-3-4-9-15-22(20)31-25(23)28/h5-7,11-12,18,21,26-27H,3-4,8-10,13-17H2,1-2H3. The van der Waals surface area contributed by atoms with Crippen LogP contribution in [0.4, 0.5) is 0 Å². The SMILES string of the molecule is CC(C)CC(NS(=O)(=O)CCCc1ccccc1)c1c(O)c2c(oc1=O)CCCCCC2. The van der Waals surface area contributed by atoms with E-state index < -0.39 is 21.7 Å². The first-order valence-corrected chi connectivity index (χ1v) is 13.3. The van der Waals surface area contributed by atoms with Gasteiger partial charge in [0.2, 0.25) is 10.0 Å². The molecule has 0 fully saturated rings. The Balaban J connectivity index is 1.82. The van der Waals surface area contributed by atoms with E-state index in [2.05, 4.69) is 4.72 Å². The topological polar surface area (TPSA) is 96.6 Å². The van der Waals surface area contributed by atoms with Crippen molar-refractivity contribution in [3.63, 3.8) is 0 Å². The van der Waals surface area contributed by atoms with Crippen molar-refractivity contribution in [2.24, 2.45) is 5.92 Å². The molecular formula is C25H35NO5S. The van der Waals surface area contributed by atoms with Crippen molar-refractivity contribution < 1.29 is 17.9 Å². The Labute approximate surface area is 191 Å². The molecule has 0 saturated carbocycles. The Morgan fingerprint density at radius 2 is 1.75 bits per heavy atom. The largest absolute Gasteiger partial charge is 0.507 e. The van der Waals surface area contributed by atoms with Gasteiger partial charge in [0.1, 0.15) is 11.5 Å². The van der Waals surface area contributed by atoms with Gasteiger partial charge in [0.15, 0.2) is 0 Å². The number of rotatable bonds is 9. The van der Waals surface area contributed by atoms with E-state index in [-0.39, 0.29) is 23.0 Å². The van der Waals surface area contributed by atoms with E-state index in [1.807, 2.05) is 44.2 Å². The molecular weight excluding hydrogens is 426 g/mol. The summed E-state index contributed by atoms with van der Waals surface area (Å²) in [4.78, 5) is 12.9. The molecule has 0 saturated heterocycles. The lowest BCUT2D eigenvalue weighted by Gasteiger charge is -2.23. The first kappa shape index (κ1) is 24.5. The van der Waals surface area contributed by atoms with Crippen LogP contribution < -0.4 is 10.3 Å². The summed E-state index contributed by atoms with van der Waals surface area (Å²) < 4.78 is 34.1. The van der Waals surface area contributed by atoms with Gasteiger partial charge in [-0.1, -0.05) is 57.0 Å². The minimum Gasteiger partial charge on any atom is -0.507 e. The van der Waals surface area contributed by atoms with Crippen LogP contribution in [0.2, 0.25) is 0 Å². The molecule has 1 aliphatic carbocycles. The zero-order chi connectivity index (χ0) is 23.1. The third kappa shape index (κ3) is 6.69. The van der Waals surface area contributed by atoms with Gasteiger partial charge < -0.3 is 9.52 Å². The highest BCUT2D eigenvalue weighted by Gasteiger charge is 2.29. The highest BCUT2D eigenvalue weighted by atomic mass is 32.2. The van der Waals surface area contributed by atoms with Crippen LogP contribution in [-0.4, -0.2) is 19.3 Å². The Bertz CT molecular complexity index is 1040. The zero-order valence-electron chi connectivity index (χ0n) is 19.1. The van der Waals surface area contributed by atoms with Gasteiger partial charge >= 0.3 is 5.63 Å². The molecule has 6 nitrogen and oxygen atoms in total. The summed E-state index contributed by atoms with van der Waals surface area (Å²) in [6.45, 7) is 3.92. The number of nitrogens with one attached hydrogen (secondary N) is 1. The third-order valence-electron chi connectivity index (χ3n) is 5.99. The smallest absolute Gasteiger partial charge is 0.344 e. The zero-order valence-corrected chi connectivity index (χ0v) is 19.9. The van der Waals surface area contributed by atoms with E-state index in [4.69, 9.17) is 4.42 Å². The number of benzene rings is 1. The average Bonchev–Trinajstić information content (AvgIpc) is 2.69. The van der Waals surface area contributed by atoms with Gasteiger partial charge in [-0.3, -0.25) is 0 Å². The Morgan fingerprint density at radius 1 is 1.06 bits per heavy atom. The maximum absolute atomic E-state index is 12.9. The van der Waals surface area contributed by atoms with Crippen LogP contribution in [0.15, 0.2) is 39.5 Å². The minimum atomic E-state index is -3.65. The quantitative estimate of drug-likeness (QED) is 0.567. The van der Waals surface area contributed by atoms with Crippen molar-refractivity contribution in [1.82, 2.24) is 4.72 Å². The second-order valence-electron chi connectivity index (χ2n) is 9.18. The molecule has 1 unspecified atom stereocenters. The summed E-state index contributed by atoms with van der Waals surface area (Å²) in [6, 6.07) is 8.93. The number of sulfonamides is 1. The van der Waals surface area contributed by atoms with Gasteiger partial charge in [0, 0.05) is 12.0 Å². The predicted molar refractivity (Wildman–Crippen MR) is 126 cm³/mol. The van der Waals surface area contributed by atoms with Crippen molar-refractivity contribution in [2.75, 3.05) is 5.75 Å². The second kappa shape index (κ2) is 11.1. The van der Waals surface area contributed by atoms with Crippen LogP contribution in [-0.2, 0) is 29.3 Å². The van der Waals surface area contributed by atoms with Gasteiger partial charge in [-0.2, -0.15) is 0 Å². The number of fused-ring (bicyclic) bond motifs is 1. The van der Waals surface area contributed by atoms with Crippen LogP contribution >= 0.6 is 0 Å². The molecule has 7 heteroatoms. The predicted octanol–water partition coefficient (Wildman–Crippen LogP) is 4.64. The van der Waals surface area contributed by atoms with Gasteiger partial charge in [0.25, 0.3) is 0 Å². The lowest BCUT2D eigenvalue weighted by atomic mass is 9.92. The number of aromatic hydroxyl groups is 1. The summed E-state index contributed by atoms with van der Waals surface area (Å²) in [5.74, 6) is 0.529. The number of hydrogen-bond acceptors (Lipinski definition) is 5. The van der Waals surface area contributed by atoms with Gasteiger partial charge in [-0.25, -0.2) is 17.9 Å². The maximum Gasteiger partial charge on any atom is 0.344 e. The second-order valence-corrected chi connectivity index (χ2v) is 11.0. The van der Waals surface area contributed by atoms with Crippen molar-refractivity contribution in [3.8, 4) is 5.75 Å². The fourth-order valence-electron chi connectivity index (χ4n) is 4.41. The first-order chi connectivity index (χ1) is 15.3. The molecule has 1 heterocycles. The van der Waals surface area contributed by atoms with Crippen LogP contribution in [0, 0.1) is 5.92 Å². The molecule has 0 radical (unpaired) electrons. The van der Waals surface area contributed by atoms with Crippen LogP contribution in [0.25, 0.3) is 0 Å². The van der Waals surface area contributed by atoms with Crippen LogP contribution in [0.1, 0.15) is 80.9 Å². The van der Waals surface area contributed by atoms with Gasteiger partial charge in [-0.05, 0) is 50.0 Å².